The second-order valence-corrected chi connectivity index (χ2v) is 7.41. The Balaban J connectivity index is 1.28. The molecule has 1 aliphatic rings. The van der Waals surface area contributed by atoms with Gasteiger partial charge in [0.05, 0.1) is 31.0 Å². The van der Waals surface area contributed by atoms with Crippen molar-refractivity contribution in [2.24, 2.45) is 0 Å². The molecule has 3 aromatic rings. The highest BCUT2D eigenvalue weighted by molar-refractivity contribution is 5.92. The molecule has 1 aliphatic heterocycles. The molecule has 1 N–H and O–H groups in total. The zero-order valence-electron chi connectivity index (χ0n) is 17.4. The number of aromatic nitrogens is 3. The van der Waals surface area contributed by atoms with Crippen LogP contribution in [0.15, 0.2) is 53.4 Å². The number of oxazole rings is 1. The zero-order chi connectivity index (χ0) is 21.6. The van der Waals surface area contributed by atoms with Crippen molar-refractivity contribution in [3.05, 3.63) is 60.4 Å². The smallest absolute Gasteiger partial charge is 0.291 e. The maximum absolute atomic E-state index is 12.6. The van der Waals surface area contributed by atoms with E-state index in [0.29, 0.717) is 37.0 Å². The summed E-state index contributed by atoms with van der Waals surface area (Å²) >= 11 is 0. The van der Waals surface area contributed by atoms with E-state index < -0.39 is 0 Å². The second-order valence-electron chi connectivity index (χ2n) is 7.41. The summed E-state index contributed by atoms with van der Waals surface area (Å²) in [6.07, 6.45) is 4.68. The van der Waals surface area contributed by atoms with Gasteiger partial charge in [-0.2, -0.15) is 5.10 Å². The van der Waals surface area contributed by atoms with Crippen LogP contribution in [0.3, 0.4) is 0 Å². The average molecular weight is 423 g/mol. The van der Waals surface area contributed by atoms with Crippen LogP contribution in [0.4, 0.5) is 5.82 Å². The third kappa shape index (κ3) is 4.93. The highest BCUT2D eigenvalue weighted by Crippen LogP contribution is 2.26. The van der Waals surface area contributed by atoms with Gasteiger partial charge in [0.25, 0.3) is 5.91 Å². The van der Waals surface area contributed by atoms with Crippen molar-refractivity contribution in [1.82, 2.24) is 19.7 Å². The lowest BCUT2D eigenvalue weighted by molar-refractivity contribution is -0.116. The number of benzene rings is 1. The quantitative estimate of drug-likeness (QED) is 0.627. The standard InChI is InChI=1S/C22H25N5O4/c1-16-21(31-15-23-16)22(29)26-12-8-17(9-13-26)27-19(7-11-24-27)25-20(28)10-14-30-18-5-3-2-4-6-18/h2-7,11,15,17H,8-10,12-14H2,1H3,(H,25,28). The largest absolute Gasteiger partial charge is 0.493 e. The molecule has 2 aromatic heterocycles. The van der Waals surface area contributed by atoms with Gasteiger partial charge in [0.2, 0.25) is 11.7 Å². The summed E-state index contributed by atoms with van der Waals surface area (Å²) in [5.74, 6) is 1.41. The molecule has 4 rings (SSSR count). The van der Waals surface area contributed by atoms with Crippen LogP contribution in [0, 0.1) is 6.92 Å². The van der Waals surface area contributed by atoms with Crippen LogP contribution in [-0.2, 0) is 4.79 Å². The van der Waals surface area contributed by atoms with Crippen molar-refractivity contribution >= 4 is 17.6 Å². The zero-order valence-corrected chi connectivity index (χ0v) is 17.4. The Hall–Kier alpha value is -3.62. The molecule has 9 heteroatoms. The summed E-state index contributed by atoms with van der Waals surface area (Å²) in [6, 6.07) is 11.3. The molecule has 0 atom stereocenters. The summed E-state index contributed by atoms with van der Waals surface area (Å²) in [6.45, 7) is 3.22. The highest BCUT2D eigenvalue weighted by atomic mass is 16.5. The second kappa shape index (κ2) is 9.46. The molecule has 0 radical (unpaired) electrons. The third-order valence-corrected chi connectivity index (χ3v) is 5.32. The molecular formula is C22H25N5O4. The fourth-order valence-corrected chi connectivity index (χ4v) is 3.65. The van der Waals surface area contributed by atoms with Crippen molar-refractivity contribution in [2.75, 3.05) is 25.0 Å². The Bertz CT molecular complexity index is 1020. The van der Waals surface area contributed by atoms with E-state index in [0.717, 1.165) is 18.6 Å². The molecule has 0 saturated carbocycles. The molecule has 9 nitrogen and oxygen atoms in total. The van der Waals surface area contributed by atoms with Gasteiger partial charge in [-0.1, -0.05) is 18.2 Å². The molecule has 0 bridgehead atoms. The van der Waals surface area contributed by atoms with Crippen LogP contribution in [0.5, 0.6) is 5.75 Å². The minimum atomic E-state index is -0.138. The number of para-hydroxylation sites is 1. The molecule has 0 aliphatic carbocycles. The van der Waals surface area contributed by atoms with E-state index in [2.05, 4.69) is 15.4 Å². The lowest BCUT2D eigenvalue weighted by Crippen LogP contribution is -2.39. The van der Waals surface area contributed by atoms with Crippen LogP contribution in [0.25, 0.3) is 0 Å². The molecule has 162 valence electrons. The van der Waals surface area contributed by atoms with Gasteiger partial charge in [-0.15, -0.1) is 0 Å². The van der Waals surface area contributed by atoms with Gasteiger partial charge in [0, 0.05) is 19.2 Å². The molecular weight excluding hydrogens is 398 g/mol. The van der Waals surface area contributed by atoms with Crippen LogP contribution >= 0.6 is 0 Å². The number of piperidine rings is 1. The van der Waals surface area contributed by atoms with Crippen molar-refractivity contribution in [1.29, 1.82) is 0 Å². The van der Waals surface area contributed by atoms with E-state index >= 15 is 0 Å². The van der Waals surface area contributed by atoms with Crippen LogP contribution in [-0.4, -0.2) is 51.2 Å². The van der Waals surface area contributed by atoms with E-state index in [1.165, 1.54) is 6.39 Å². The number of amides is 2. The van der Waals surface area contributed by atoms with Crippen molar-refractivity contribution in [3.63, 3.8) is 0 Å². The van der Waals surface area contributed by atoms with Gasteiger partial charge in [-0.05, 0) is 31.9 Å². The Morgan fingerprint density at radius 1 is 1.19 bits per heavy atom. The number of nitrogens with zero attached hydrogens (tertiary/aromatic N) is 4. The van der Waals surface area contributed by atoms with E-state index in [1.54, 1.807) is 24.1 Å². The minimum absolute atomic E-state index is 0.103. The van der Waals surface area contributed by atoms with E-state index in [-0.39, 0.29) is 24.3 Å². The van der Waals surface area contributed by atoms with E-state index in [1.807, 2.05) is 35.0 Å². The molecule has 3 heterocycles. The Labute approximate surface area is 180 Å². The maximum atomic E-state index is 12.6. The fourth-order valence-electron chi connectivity index (χ4n) is 3.65. The Kier molecular flexibility index (Phi) is 6.30. The lowest BCUT2D eigenvalue weighted by atomic mass is 10.0. The summed E-state index contributed by atoms with van der Waals surface area (Å²) < 4.78 is 12.6. The topological polar surface area (TPSA) is 102 Å². The first kappa shape index (κ1) is 20.6. The number of carbonyl (C=O) groups excluding carboxylic acids is 2. The van der Waals surface area contributed by atoms with Gasteiger partial charge in [0.15, 0.2) is 6.39 Å². The summed E-state index contributed by atoms with van der Waals surface area (Å²) in [7, 11) is 0. The van der Waals surface area contributed by atoms with Gasteiger partial charge >= 0.3 is 0 Å². The summed E-state index contributed by atoms with van der Waals surface area (Å²) in [4.78, 5) is 30.7. The molecule has 0 unspecified atom stereocenters. The number of carbonyl (C=O) groups is 2. The monoisotopic (exact) mass is 423 g/mol. The third-order valence-electron chi connectivity index (χ3n) is 5.32. The van der Waals surface area contributed by atoms with Gasteiger partial charge < -0.3 is 19.4 Å². The number of ether oxygens (including phenoxy) is 1. The van der Waals surface area contributed by atoms with Gasteiger partial charge in [0.1, 0.15) is 11.6 Å². The van der Waals surface area contributed by atoms with Crippen LogP contribution < -0.4 is 10.1 Å². The number of hydrogen-bond donors (Lipinski definition) is 1. The van der Waals surface area contributed by atoms with Gasteiger partial charge in [-0.25, -0.2) is 9.67 Å². The van der Waals surface area contributed by atoms with Gasteiger partial charge in [-0.3, -0.25) is 9.59 Å². The number of anilines is 1. The Morgan fingerprint density at radius 3 is 2.68 bits per heavy atom. The first-order valence-electron chi connectivity index (χ1n) is 10.3. The highest BCUT2D eigenvalue weighted by Gasteiger charge is 2.28. The predicted molar refractivity (Wildman–Crippen MR) is 113 cm³/mol. The number of nitrogens with one attached hydrogen (secondary N) is 1. The van der Waals surface area contributed by atoms with Crippen molar-refractivity contribution in [2.45, 2.75) is 32.2 Å². The number of hydrogen-bond acceptors (Lipinski definition) is 6. The van der Waals surface area contributed by atoms with Crippen LogP contribution in [0.2, 0.25) is 0 Å². The molecule has 0 spiro atoms. The van der Waals surface area contributed by atoms with E-state index in [9.17, 15) is 9.59 Å². The number of aryl methyl sites for hydroxylation is 1. The SMILES string of the molecule is Cc1ncoc1C(=O)N1CCC(n2nccc2NC(=O)CCOc2ccccc2)CC1. The first-order chi connectivity index (χ1) is 15.1. The fraction of sp³-hybridized carbons (Fsp3) is 0.364. The first-order valence-corrected chi connectivity index (χ1v) is 10.3. The average Bonchev–Trinajstić information content (AvgIpc) is 3.43. The predicted octanol–water partition coefficient (Wildman–Crippen LogP) is 3.06. The van der Waals surface area contributed by atoms with E-state index in [4.69, 9.17) is 9.15 Å². The molecule has 1 aromatic carbocycles. The number of likely N-dealkylation sites (tertiary alicyclic amines) is 1. The summed E-state index contributed by atoms with van der Waals surface area (Å²) in [5.41, 5.74) is 0.598. The Morgan fingerprint density at radius 2 is 1.97 bits per heavy atom. The lowest BCUT2D eigenvalue weighted by Gasteiger charge is -2.32. The number of rotatable bonds is 7. The van der Waals surface area contributed by atoms with Crippen molar-refractivity contribution in [3.8, 4) is 5.75 Å². The van der Waals surface area contributed by atoms with Crippen molar-refractivity contribution < 1.29 is 18.7 Å². The normalized spacial score (nSPS) is 14.4. The maximum Gasteiger partial charge on any atom is 0.291 e. The summed E-state index contributed by atoms with van der Waals surface area (Å²) in [5, 5.41) is 7.31. The minimum Gasteiger partial charge on any atom is -0.493 e. The molecule has 1 fully saturated rings. The molecule has 1 saturated heterocycles. The molecule has 2 amide bonds. The van der Waals surface area contributed by atoms with Crippen LogP contribution in [0.1, 0.15) is 41.6 Å². The molecule has 31 heavy (non-hydrogen) atoms.